The number of aromatic nitrogens is 7. The minimum Gasteiger partial charge on any atom is -0.277 e. The Kier molecular flexibility index (Phi) is 9.34. The number of hydrogen-bond acceptors (Lipinski definition) is 6. The first-order chi connectivity index (χ1) is 32.2. The lowest BCUT2D eigenvalue weighted by molar-refractivity contribution is 0.953. The fourth-order valence-corrected chi connectivity index (χ4v) is 8.75. The molecular formula is C58H37N7. The van der Waals surface area contributed by atoms with Crippen molar-refractivity contribution in [1.29, 1.82) is 0 Å². The summed E-state index contributed by atoms with van der Waals surface area (Å²) in [5.74, 6) is 3.31. The van der Waals surface area contributed by atoms with Gasteiger partial charge in [-0.2, -0.15) is 9.97 Å². The second kappa shape index (κ2) is 16.1. The minimum absolute atomic E-state index is 0.484. The Morgan fingerprint density at radius 2 is 0.615 bits per heavy atom. The second-order valence-electron chi connectivity index (χ2n) is 15.9. The van der Waals surface area contributed by atoms with Gasteiger partial charge in [0.15, 0.2) is 29.1 Å². The summed E-state index contributed by atoms with van der Waals surface area (Å²) in [6.45, 7) is 0. The van der Waals surface area contributed by atoms with Crippen LogP contribution >= 0.6 is 0 Å². The van der Waals surface area contributed by atoms with Crippen molar-refractivity contribution in [3.05, 3.63) is 224 Å². The van der Waals surface area contributed by atoms with Crippen LogP contribution in [0.1, 0.15) is 0 Å². The second-order valence-corrected chi connectivity index (χ2v) is 15.9. The molecule has 12 rings (SSSR count). The Bertz CT molecular complexity index is 3660. The van der Waals surface area contributed by atoms with Crippen molar-refractivity contribution in [3.63, 3.8) is 0 Å². The van der Waals surface area contributed by atoms with Gasteiger partial charge in [-0.1, -0.05) is 212 Å². The van der Waals surface area contributed by atoms with Gasteiger partial charge in [-0.3, -0.25) is 4.57 Å². The topological polar surface area (TPSA) is 82.3 Å². The molecule has 0 amide bonds. The van der Waals surface area contributed by atoms with Gasteiger partial charge in [0.2, 0.25) is 5.95 Å². The van der Waals surface area contributed by atoms with Crippen LogP contribution in [0, 0.1) is 0 Å². The van der Waals surface area contributed by atoms with Crippen molar-refractivity contribution in [2.24, 2.45) is 0 Å². The molecule has 0 saturated carbocycles. The van der Waals surface area contributed by atoms with E-state index in [1.54, 1.807) is 0 Å². The Balaban J connectivity index is 1.13. The summed E-state index contributed by atoms with van der Waals surface area (Å²) in [5.41, 5.74) is 10.8. The van der Waals surface area contributed by atoms with E-state index in [0.29, 0.717) is 35.1 Å². The van der Waals surface area contributed by atoms with E-state index in [0.717, 1.165) is 82.6 Å². The summed E-state index contributed by atoms with van der Waals surface area (Å²) in [6.07, 6.45) is 0. The van der Waals surface area contributed by atoms with Crippen LogP contribution in [0.3, 0.4) is 0 Å². The molecule has 304 valence electrons. The zero-order valence-corrected chi connectivity index (χ0v) is 35.0. The van der Waals surface area contributed by atoms with Crippen LogP contribution in [0.2, 0.25) is 0 Å². The van der Waals surface area contributed by atoms with E-state index < -0.39 is 0 Å². The highest BCUT2D eigenvalue weighted by Crippen LogP contribution is 2.42. The van der Waals surface area contributed by atoms with Crippen LogP contribution < -0.4 is 0 Å². The van der Waals surface area contributed by atoms with Gasteiger partial charge in [-0.15, -0.1) is 0 Å². The molecule has 0 aliphatic heterocycles. The number of nitrogens with zero attached hydrogens (tertiary/aromatic N) is 7. The fourth-order valence-electron chi connectivity index (χ4n) is 8.75. The van der Waals surface area contributed by atoms with E-state index >= 15 is 0 Å². The lowest BCUT2D eigenvalue weighted by atomic mass is 9.99. The van der Waals surface area contributed by atoms with Crippen molar-refractivity contribution >= 4 is 32.6 Å². The highest BCUT2D eigenvalue weighted by atomic mass is 15.2. The van der Waals surface area contributed by atoms with E-state index in [9.17, 15) is 0 Å². The maximum atomic E-state index is 5.38. The van der Waals surface area contributed by atoms with Gasteiger partial charge in [0, 0.05) is 33.0 Å². The van der Waals surface area contributed by atoms with Crippen LogP contribution in [0.15, 0.2) is 224 Å². The first-order valence-electron chi connectivity index (χ1n) is 21.6. The first-order valence-corrected chi connectivity index (χ1v) is 21.6. The minimum atomic E-state index is 0.484. The Morgan fingerprint density at radius 1 is 0.262 bits per heavy atom. The van der Waals surface area contributed by atoms with E-state index in [4.69, 9.17) is 29.9 Å². The maximum Gasteiger partial charge on any atom is 0.238 e. The molecule has 0 aliphatic carbocycles. The van der Waals surface area contributed by atoms with Crippen LogP contribution in [-0.2, 0) is 0 Å². The average molecular weight is 832 g/mol. The summed E-state index contributed by atoms with van der Waals surface area (Å²) in [6, 6.07) is 77.0. The predicted octanol–water partition coefficient (Wildman–Crippen LogP) is 14.0. The van der Waals surface area contributed by atoms with Gasteiger partial charge in [0.05, 0.1) is 16.6 Å². The fraction of sp³-hybridized carbons (Fsp3) is 0. The third-order valence-electron chi connectivity index (χ3n) is 11.9. The summed E-state index contributed by atoms with van der Waals surface area (Å²) in [7, 11) is 0. The van der Waals surface area contributed by atoms with Crippen LogP contribution in [0.5, 0.6) is 0 Å². The van der Waals surface area contributed by atoms with Crippen molar-refractivity contribution < 1.29 is 0 Å². The van der Waals surface area contributed by atoms with Crippen LogP contribution in [0.4, 0.5) is 0 Å². The summed E-state index contributed by atoms with van der Waals surface area (Å²) >= 11 is 0. The SMILES string of the molecule is c1ccc(-c2ccc(-c3nc(-c4ccccc4)nc(-c4c5ccccc5cc5c6ccccc6n(-c6nc(-c7ccccc7)nc(-c7ccc(-c8ccccc8)cc7)n6)c45)n3)cc2)cc1. The van der Waals surface area contributed by atoms with E-state index in [-0.39, 0.29) is 0 Å². The lowest BCUT2D eigenvalue weighted by Crippen LogP contribution is -2.08. The highest BCUT2D eigenvalue weighted by Gasteiger charge is 2.25. The van der Waals surface area contributed by atoms with Crippen molar-refractivity contribution in [3.8, 4) is 85.1 Å². The van der Waals surface area contributed by atoms with Gasteiger partial charge < -0.3 is 0 Å². The zero-order chi connectivity index (χ0) is 43.1. The molecule has 3 aromatic heterocycles. The Labute approximate surface area is 375 Å². The molecule has 0 bridgehead atoms. The summed E-state index contributed by atoms with van der Waals surface area (Å²) in [4.78, 5) is 31.6. The standard InChI is InChI=1S/C58H37N7/c1-5-17-38(18-6-1)40-29-33-44(34-30-40)54-59-53(42-21-9-3-10-22-42)61-57(62-54)51-47-26-14-13-25-46(47)37-49-48-27-15-16-28-50(48)65(52(49)51)58-63-55(43-23-11-4-12-24-43)60-56(64-58)45-35-31-41(32-36-45)39-19-7-2-8-20-39/h1-37H. The molecular weight excluding hydrogens is 795 g/mol. The first kappa shape index (κ1) is 37.8. The molecule has 7 nitrogen and oxygen atoms in total. The quantitative estimate of drug-likeness (QED) is 0.152. The van der Waals surface area contributed by atoms with Crippen molar-refractivity contribution in [1.82, 2.24) is 34.5 Å². The predicted molar refractivity (Wildman–Crippen MR) is 263 cm³/mol. The van der Waals surface area contributed by atoms with Gasteiger partial charge in [0.25, 0.3) is 0 Å². The van der Waals surface area contributed by atoms with Gasteiger partial charge >= 0.3 is 0 Å². The lowest BCUT2D eigenvalue weighted by Gasteiger charge is -2.15. The molecule has 0 fully saturated rings. The monoisotopic (exact) mass is 831 g/mol. The normalized spacial score (nSPS) is 11.4. The number of hydrogen-bond donors (Lipinski definition) is 0. The molecule has 12 aromatic rings. The average Bonchev–Trinajstić information content (AvgIpc) is 3.72. The molecule has 0 radical (unpaired) electrons. The van der Waals surface area contributed by atoms with E-state index in [1.807, 2.05) is 72.8 Å². The molecule has 0 atom stereocenters. The van der Waals surface area contributed by atoms with Gasteiger partial charge in [-0.25, -0.2) is 19.9 Å². The molecule has 0 unspecified atom stereocenters. The summed E-state index contributed by atoms with van der Waals surface area (Å²) in [5, 5.41) is 4.14. The molecule has 0 N–H and O–H groups in total. The highest BCUT2D eigenvalue weighted by molar-refractivity contribution is 6.20. The van der Waals surface area contributed by atoms with Crippen molar-refractivity contribution in [2.75, 3.05) is 0 Å². The zero-order valence-electron chi connectivity index (χ0n) is 35.0. The van der Waals surface area contributed by atoms with Gasteiger partial charge in [-0.05, 0) is 45.2 Å². The molecule has 9 aromatic carbocycles. The molecule has 0 aliphatic rings. The van der Waals surface area contributed by atoms with Crippen molar-refractivity contribution in [2.45, 2.75) is 0 Å². The smallest absolute Gasteiger partial charge is 0.238 e. The Morgan fingerprint density at radius 3 is 1.12 bits per heavy atom. The molecule has 3 heterocycles. The summed E-state index contributed by atoms with van der Waals surface area (Å²) < 4.78 is 2.17. The number of benzene rings is 9. The van der Waals surface area contributed by atoms with E-state index in [2.05, 4.69) is 156 Å². The van der Waals surface area contributed by atoms with Crippen LogP contribution in [-0.4, -0.2) is 34.5 Å². The molecule has 65 heavy (non-hydrogen) atoms. The van der Waals surface area contributed by atoms with Crippen LogP contribution in [0.25, 0.3) is 118 Å². The largest absolute Gasteiger partial charge is 0.277 e. The Hall–Kier alpha value is -8.94. The number of rotatable bonds is 8. The number of fused-ring (bicyclic) bond motifs is 4. The molecule has 0 saturated heterocycles. The maximum absolute atomic E-state index is 5.38. The molecule has 7 heteroatoms. The van der Waals surface area contributed by atoms with E-state index in [1.165, 1.54) is 0 Å². The van der Waals surface area contributed by atoms with Gasteiger partial charge in [0.1, 0.15) is 0 Å². The third kappa shape index (κ3) is 6.98. The third-order valence-corrected chi connectivity index (χ3v) is 11.9. The molecule has 0 spiro atoms. The number of para-hydroxylation sites is 1.